The molecule has 3 aliphatic rings. The molecule has 0 amide bonds. The van der Waals surface area contributed by atoms with Gasteiger partial charge in [0.05, 0.1) is 6.61 Å². The first-order chi connectivity index (χ1) is 10.2. The summed E-state index contributed by atoms with van der Waals surface area (Å²) < 4.78 is 4.99. The highest BCUT2D eigenvalue weighted by atomic mass is 16.5. The van der Waals surface area contributed by atoms with E-state index >= 15 is 0 Å². The van der Waals surface area contributed by atoms with E-state index in [2.05, 4.69) is 29.6 Å². The van der Waals surface area contributed by atoms with Crippen LogP contribution in [0.5, 0.6) is 0 Å². The minimum Gasteiger partial charge on any atom is -0.464 e. The van der Waals surface area contributed by atoms with Gasteiger partial charge in [-0.3, -0.25) is 0 Å². The van der Waals surface area contributed by atoms with E-state index in [0.29, 0.717) is 6.61 Å². The average Bonchev–Trinajstić information content (AvgIpc) is 2.51. The molecule has 1 heterocycles. The highest BCUT2D eigenvalue weighted by Gasteiger charge is 2.28. The third-order valence-electron chi connectivity index (χ3n) is 4.03. The summed E-state index contributed by atoms with van der Waals surface area (Å²) in [6.45, 7) is 4.22. The molecule has 0 aromatic carbocycles. The van der Waals surface area contributed by atoms with Gasteiger partial charge >= 0.3 is 5.97 Å². The SMILES string of the molecule is CCCCOC(=O)C(O)C1CCNCC1.c1cc2ccc1-2. The van der Waals surface area contributed by atoms with Crippen LogP contribution in [0.2, 0.25) is 0 Å². The Balaban J connectivity index is 0.000000218. The number of nitrogens with one attached hydrogen (secondary N) is 1. The molecule has 0 spiro atoms. The van der Waals surface area contributed by atoms with E-state index in [4.69, 9.17) is 4.74 Å². The number of hydrogen-bond donors (Lipinski definition) is 2. The van der Waals surface area contributed by atoms with Crippen molar-refractivity contribution in [3.8, 4) is 11.1 Å². The first-order valence-corrected chi connectivity index (χ1v) is 7.88. The third-order valence-corrected chi connectivity index (χ3v) is 4.03. The Morgan fingerprint density at radius 3 is 2.29 bits per heavy atom. The van der Waals surface area contributed by atoms with Gasteiger partial charge in [-0.1, -0.05) is 37.6 Å². The van der Waals surface area contributed by atoms with Gasteiger partial charge in [0.1, 0.15) is 0 Å². The number of ether oxygens (including phenoxy) is 1. The molecule has 0 bridgehead atoms. The van der Waals surface area contributed by atoms with E-state index in [0.717, 1.165) is 38.8 Å². The van der Waals surface area contributed by atoms with Crippen molar-refractivity contribution in [1.29, 1.82) is 0 Å². The number of benzene rings is 1. The molecule has 1 aliphatic heterocycles. The lowest BCUT2D eigenvalue weighted by atomic mass is 9.92. The van der Waals surface area contributed by atoms with Crippen molar-refractivity contribution in [2.75, 3.05) is 19.7 Å². The maximum atomic E-state index is 11.4. The van der Waals surface area contributed by atoms with Crippen molar-refractivity contribution < 1.29 is 14.6 Å². The van der Waals surface area contributed by atoms with E-state index in [1.165, 1.54) is 11.1 Å². The van der Waals surface area contributed by atoms with E-state index < -0.39 is 12.1 Å². The second-order valence-electron chi connectivity index (χ2n) is 5.63. The fourth-order valence-electron chi connectivity index (χ4n) is 2.42. The zero-order valence-electron chi connectivity index (χ0n) is 12.7. The summed E-state index contributed by atoms with van der Waals surface area (Å²) in [5, 5.41) is 12.9. The third kappa shape index (κ3) is 4.55. The van der Waals surface area contributed by atoms with Gasteiger partial charge in [0.25, 0.3) is 0 Å². The molecule has 4 nitrogen and oxygen atoms in total. The van der Waals surface area contributed by atoms with Crippen LogP contribution >= 0.6 is 0 Å². The monoisotopic (exact) mass is 291 g/mol. The van der Waals surface area contributed by atoms with Gasteiger partial charge in [0.15, 0.2) is 6.10 Å². The quantitative estimate of drug-likeness (QED) is 0.656. The minimum atomic E-state index is -0.927. The maximum absolute atomic E-state index is 11.4. The van der Waals surface area contributed by atoms with Crippen LogP contribution in [-0.2, 0) is 9.53 Å². The zero-order chi connectivity index (χ0) is 15.1. The Kier molecular flexibility index (Phi) is 6.21. The molecular formula is C17H25NO3. The lowest BCUT2D eigenvalue weighted by molar-refractivity contribution is -0.157. The number of hydrogen-bond acceptors (Lipinski definition) is 4. The summed E-state index contributed by atoms with van der Waals surface area (Å²) >= 11 is 0. The second kappa shape index (κ2) is 8.15. The fraction of sp³-hybridized carbons (Fsp3) is 0.588. The predicted octanol–water partition coefficient (Wildman–Crippen LogP) is 2.36. The number of aliphatic hydroxyl groups is 1. The molecule has 0 radical (unpaired) electrons. The zero-order valence-corrected chi connectivity index (χ0v) is 12.7. The van der Waals surface area contributed by atoms with Crippen molar-refractivity contribution in [2.45, 2.75) is 38.7 Å². The molecule has 21 heavy (non-hydrogen) atoms. The normalized spacial score (nSPS) is 17.4. The highest BCUT2D eigenvalue weighted by Crippen LogP contribution is 2.29. The Morgan fingerprint density at radius 1 is 1.29 bits per heavy atom. The first-order valence-electron chi connectivity index (χ1n) is 7.88. The van der Waals surface area contributed by atoms with Crippen molar-refractivity contribution in [3.63, 3.8) is 0 Å². The van der Waals surface area contributed by atoms with Gasteiger partial charge in [-0.15, -0.1) is 0 Å². The van der Waals surface area contributed by atoms with Crippen molar-refractivity contribution in [2.24, 2.45) is 5.92 Å². The lowest BCUT2D eigenvalue weighted by Gasteiger charge is -2.25. The number of rotatable bonds is 5. The topological polar surface area (TPSA) is 58.6 Å². The molecule has 0 aromatic heterocycles. The van der Waals surface area contributed by atoms with Crippen LogP contribution in [-0.4, -0.2) is 36.9 Å². The summed E-state index contributed by atoms with van der Waals surface area (Å²) in [4.78, 5) is 11.4. The van der Waals surface area contributed by atoms with E-state index in [-0.39, 0.29) is 5.92 Å². The molecule has 4 heteroatoms. The Bertz CT molecular complexity index is 417. The molecule has 1 atom stereocenters. The largest absolute Gasteiger partial charge is 0.464 e. The highest BCUT2D eigenvalue weighted by molar-refractivity contribution is 5.75. The Labute approximate surface area is 126 Å². The standard InChI is InChI=1S/C11H21NO3.C6H4/c1-2-3-8-15-11(14)10(13)9-4-6-12-7-5-9;1-2-6-4-3-5(1)6/h9-10,12-13H,2-8H2,1H3;1-4H. The van der Waals surface area contributed by atoms with Crippen LogP contribution < -0.4 is 5.32 Å². The number of carbonyl (C=O) groups is 1. The number of piperidine rings is 1. The minimum absolute atomic E-state index is 0.0698. The first kappa shape index (κ1) is 16.0. The summed E-state index contributed by atoms with van der Waals surface area (Å²) in [5.74, 6) is -0.379. The van der Waals surface area contributed by atoms with Gasteiger partial charge < -0.3 is 15.2 Å². The number of carbonyl (C=O) groups excluding carboxylic acids is 1. The van der Waals surface area contributed by atoms with Gasteiger partial charge in [-0.2, -0.15) is 0 Å². The summed E-state index contributed by atoms with van der Waals surface area (Å²) in [7, 11) is 0. The van der Waals surface area contributed by atoms with Crippen LogP contribution in [0.3, 0.4) is 0 Å². The molecule has 0 saturated carbocycles. The second-order valence-corrected chi connectivity index (χ2v) is 5.63. The summed E-state index contributed by atoms with van der Waals surface area (Å²) in [5.41, 5.74) is 2.85. The summed E-state index contributed by atoms with van der Waals surface area (Å²) in [6, 6.07) is 8.48. The van der Waals surface area contributed by atoms with Crippen LogP contribution in [0.15, 0.2) is 24.3 Å². The van der Waals surface area contributed by atoms with Crippen LogP contribution in [0, 0.1) is 5.92 Å². The lowest BCUT2D eigenvalue weighted by Crippen LogP contribution is -2.38. The van der Waals surface area contributed by atoms with Crippen LogP contribution in [0.4, 0.5) is 0 Å². The van der Waals surface area contributed by atoms with Crippen LogP contribution in [0.25, 0.3) is 11.1 Å². The fourth-order valence-corrected chi connectivity index (χ4v) is 2.42. The molecule has 3 rings (SSSR count). The molecule has 2 aliphatic carbocycles. The number of esters is 1. The molecule has 116 valence electrons. The molecular weight excluding hydrogens is 266 g/mol. The van der Waals surface area contributed by atoms with Gasteiger partial charge in [-0.25, -0.2) is 4.79 Å². The predicted molar refractivity (Wildman–Crippen MR) is 82.9 cm³/mol. The van der Waals surface area contributed by atoms with E-state index in [1.807, 2.05) is 6.92 Å². The molecule has 1 fully saturated rings. The Morgan fingerprint density at radius 2 is 1.86 bits per heavy atom. The smallest absolute Gasteiger partial charge is 0.335 e. The van der Waals surface area contributed by atoms with Crippen molar-refractivity contribution in [1.82, 2.24) is 5.32 Å². The van der Waals surface area contributed by atoms with E-state index in [9.17, 15) is 9.90 Å². The molecule has 1 saturated heterocycles. The molecule has 2 N–H and O–H groups in total. The van der Waals surface area contributed by atoms with Gasteiger partial charge in [0.2, 0.25) is 0 Å². The van der Waals surface area contributed by atoms with Gasteiger partial charge in [-0.05, 0) is 49.4 Å². The molecule has 0 aromatic rings. The van der Waals surface area contributed by atoms with Crippen molar-refractivity contribution >= 4 is 5.97 Å². The maximum Gasteiger partial charge on any atom is 0.335 e. The van der Waals surface area contributed by atoms with Crippen molar-refractivity contribution in [3.05, 3.63) is 24.3 Å². The average molecular weight is 291 g/mol. The van der Waals surface area contributed by atoms with E-state index in [1.54, 1.807) is 0 Å². The molecule has 1 unspecified atom stereocenters. The number of aliphatic hydroxyl groups excluding tert-OH is 1. The number of unbranched alkanes of at least 4 members (excludes halogenated alkanes) is 1. The van der Waals surface area contributed by atoms with Crippen LogP contribution in [0.1, 0.15) is 32.6 Å². The van der Waals surface area contributed by atoms with Gasteiger partial charge in [0, 0.05) is 0 Å². The summed E-state index contributed by atoms with van der Waals surface area (Å²) in [6.07, 6.45) is 2.64. The number of fused-ring (bicyclic) bond motifs is 1. The Hall–Kier alpha value is -1.39.